The van der Waals surface area contributed by atoms with Gasteiger partial charge in [0.2, 0.25) is 0 Å². The van der Waals surface area contributed by atoms with E-state index in [9.17, 15) is 9.18 Å². The van der Waals surface area contributed by atoms with E-state index < -0.39 is 0 Å². The molecule has 2 aromatic rings. The van der Waals surface area contributed by atoms with Gasteiger partial charge in [0.25, 0.3) is 5.91 Å². The third-order valence-electron chi connectivity index (χ3n) is 3.58. The van der Waals surface area contributed by atoms with Gasteiger partial charge >= 0.3 is 0 Å². The molecule has 0 saturated carbocycles. The fraction of sp³-hybridized carbons (Fsp3) is 0.333. The van der Waals surface area contributed by atoms with Gasteiger partial charge in [-0.15, -0.1) is 11.3 Å². The Bertz CT molecular complexity index is 641. The lowest BCUT2D eigenvalue weighted by molar-refractivity contribution is 0.0650. The summed E-state index contributed by atoms with van der Waals surface area (Å²) in [6, 6.07) is 6.32. The standard InChI is InChI=1S/C15H16FN3OS/c1-10-8-17-6-7-19(10)15(20)13-9-21-14(18-13)11-2-4-12(16)5-3-11/h2-5,9-10,17H,6-8H2,1H3/t10-/m0/s1. The first-order valence-corrected chi connectivity index (χ1v) is 7.76. The van der Waals surface area contributed by atoms with Gasteiger partial charge in [-0.25, -0.2) is 9.37 Å². The van der Waals surface area contributed by atoms with Crippen molar-refractivity contribution in [1.82, 2.24) is 15.2 Å². The number of halogens is 1. The minimum Gasteiger partial charge on any atom is -0.332 e. The predicted molar refractivity (Wildman–Crippen MR) is 80.9 cm³/mol. The first kappa shape index (κ1) is 14.2. The van der Waals surface area contributed by atoms with Crippen molar-refractivity contribution in [3.63, 3.8) is 0 Å². The molecule has 1 fully saturated rings. The molecule has 1 aliphatic rings. The molecule has 0 unspecified atom stereocenters. The van der Waals surface area contributed by atoms with E-state index in [4.69, 9.17) is 0 Å². The summed E-state index contributed by atoms with van der Waals surface area (Å²) in [5.74, 6) is -0.310. The largest absolute Gasteiger partial charge is 0.332 e. The van der Waals surface area contributed by atoms with Gasteiger partial charge in [0.1, 0.15) is 16.5 Å². The number of benzene rings is 1. The molecule has 21 heavy (non-hydrogen) atoms. The number of piperazine rings is 1. The fourth-order valence-corrected chi connectivity index (χ4v) is 3.19. The van der Waals surface area contributed by atoms with Crippen molar-refractivity contribution in [2.24, 2.45) is 0 Å². The van der Waals surface area contributed by atoms with Gasteiger partial charge in [-0.05, 0) is 31.2 Å². The molecule has 1 saturated heterocycles. The van der Waals surface area contributed by atoms with Gasteiger partial charge in [-0.2, -0.15) is 0 Å². The summed E-state index contributed by atoms with van der Waals surface area (Å²) in [6.45, 7) is 4.34. The molecule has 0 spiro atoms. The van der Waals surface area contributed by atoms with E-state index in [2.05, 4.69) is 10.3 Å². The van der Waals surface area contributed by atoms with E-state index >= 15 is 0 Å². The van der Waals surface area contributed by atoms with Crippen molar-refractivity contribution < 1.29 is 9.18 Å². The Morgan fingerprint density at radius 3 is 2.90 bits per heavy atom. The molecular weight excluding hydrogens is 289 g/mol. The smallest absolute Gasteiger partial charge is 0.273 e. The van der Waals surface area contributed by atoms with Gasteiger partial charge < -0.3 is 10.2 Å². The molecule has 4 nitrogen and oxygen atoms in total. The van der Waals surface area contributed by atoms with E-state index in [1.165, 1.54) is 23.5 Å². The van der Waals surface area contributed by atoms with Crippen molar-refractivity contribution in [2.75, 3.05) is 19.6 Å². The molecule has 1 atom stereocenters. The maximum Gasteiger partial charge on any atom is 0.273 e. The number of nitrogens with one attached hydrogen (secondary N) is 1. The highest BCUT2D eigenvalue weighted by Gasteiger charge is 2.25. The minimum atomic E-state index is -0.277. The molecule has 1 aromatic carbocycles. The maximum atomic E-state index is 12.9. The van der Waals surface area contributed by atoms with E-state index in [0.717, 1.165) is 23.7 Å². The Morgan fingerprint density at radius 2 is 2.19 bits per heavy atom. The third kappa shape index (κ3) is 2.96. The summed E-state index contributed by atoms with van der Waals surface area (Å²) < 4.78 is 12.9. The summed E-state index contributed by atoms with van der Waals surface area (Å²) in [5.41, 5.74) is 1.29. The average molecular weight is 305 g/mol. The van der Waals surface area contributed by atoms with Crippen LogP contribution in [0.25, 0.3) is 10.6 Å². The summed E-state index contributed by atoms with van der Waals surface area (Å²) in [5, 5.41) is 5.77. The molecule has 1 amide bonds. The summed E-state index contributed by atoms with van der Waals surface area (Å²) >= 11 is 1.41. The number of carbonyl (C=O) groups is 1. The SMILES string of the molecule is C[C@H]1CNCCN1C(=O)c1csc(-c2ccc(F)cc2)n1. The van der Waals surface area contributed by atoms with Crippen LogP contribution in [0.4, 0.5) is 4.39 Å². The summed E-state index contributed by atoms with van der Waals surface area (Å²) in [4.78, 5) is 18.7. The highest BCUT2D eigenvalue weighted by molar-refractivity contribution is 7.13. The monoisotopic (exact) mass is 305 g/mol. The Labute approximate surface area is 126 Å². The molecule has 110 valence electrons. The molecule has 1 aliphatic heterocycles. The van der Waals surface area contributed by atoms with Crippen LogP contribution in [0, 0.1) is 5.82 Å². The first-order valence-electron chi connectivity index (χ1n) is 6.88. The number of hydrogen-bond acceptors (Lipinski definition) is 4. The van der Waals surface area contributed by atoms with Crippen LogP contribution in [-0.2, 0) is 0 Å². The Morgan fingerprint density at radius 1 is 1.43 bits per heavy atom. The molecule has 0 bridgehead atoms. The van der Waals surface area contributed by atoms with Crippen LogP contribution in [-0.4, -0.2) is 41.5 Å². The zero-order valence-corrected chi connectivity index (χ0v) is 12.5. The van der Waals surface area contributed by atoms with Crippen molar-refractivity contribution in [2.45, 2.75) is 13.0 Å². The molecule has 6 heteroatoms. The van der Waals surface area contributed by atoms with Crippen LogP contribution in [0.15, 0.2) is 29.6 Å². The average Bonchev–Trinajstić information content (AvgIpc) is 2.98. The highest BCUT2D eigenvalue weighted by Crippen LogP contribution is 2.24. The fourth-order valence-electron chi connectivity index (χ4n) is 2.39. The predicted octanol–water partition coefficient (Wildman–Crippen LogP) is 2.38. The Hall–Kier alpha value is -1.79. The summed E-state index contributed by atoms with van der Waals surface area (Å²) in [6.07, 6.45) is 0. The topological polar surface area (TPSA) is 45.2 Å². The van der Waals surface area contributed by atoms with E-state index in [1.54, 1.807) is 17.5 Å². The number of hydrogen-bond donors (Lipinski definition) is 1. The number of nitrogens with zero attached hydrogens (tertiary/aromatic N) is 2. The Kier molecular flexibility index (Phi) is 3.98. The molecule has 1 N–H and O–H groups in total. The molecule has 0 aliphatic carbocycles. The molecule has 0 radical (unpaired) electrons. The molecule has 1 aromatic heterocycles. The third-order valence-corrected chi connectivity index (χ3v) is 4.47. The normalized spacial score (nSPS) is 18.8. The van der Waals surface area contributed by atoms with Crippen molar-refractivity contribution in [3.05, 3.63) is 41.2 Å². The number of amides is 1. The number of carbonyl (C=O) groups excluding carboxylic acids is 1. The van der Waals surface area contributed by atoms with E-state index in [-0.39, 0.29) is 17.8 Å². The van der Waals surface area contributed by atoms with Gasteiger partial charge in [0.15, 0.2) is 0 Å². The zero-order chi connectivity index (χ0) is 14.8. The Balaban J connectivity index is 1.81. The maximum absolute atomic E-state index is 12.9. The van der Waals surface area contributed by atoms with Crippen LogP contribution in [0.3, 0.4) is 0 Å². The quantitative estimate of drug-likeness (QED) is 0.926. The zero-order valence-electron chi connectivity index (χ0n) is 11.7. The van der Waals surface area contributed by atoms with Gasteiger partial charge in [0.05, 0.1) is 0 Å². The number of aromatic nitrogens is 1. The summed E-state index contributed by atoms with van der Waals surface area (Å²) in [7, 11) is 0. The second kappa shape index (κ2) is 5.91. The highest BCUT2D eigenvalue weighted by atomic mass is 32.1. The minimum absolute atomic E-state index is 0.0337. The molecule has 2 heterocycles. The van der Waals surface area contributed by atoms with Crippen LogP contribution in [0.2, 0.25) is 0 Å². The van der Waals surface area contributed by atoms with Crippen molar-refractivity contribution in [1.29, 1.82) is 0 Å². The number of rotatable bonds is 2. The second-order valence-corrected chi connectivity index (χ2v) is 5.95. The first-order chi connectivity index (χ1) is 10.1. The molecule has 3 rings (SSSR count). The van der Waals surface area contributed by atoms with E-state index in [0.29, 0.717) is 12.2 Å². The van der Waals surface area contributed by atoms with E-state index in [1.807, 2.05) is 11.8 Å². The van der Waals surface area contributed by atoms with Crippen molar-refractivity contribution >= 4 is 17.2 Å². The number of thiazole rings is 1. The van der Waals surface area contributed by atoms with Crippen molar-refractivity contribution in [3.8, 4) is 10.6 Å². The lowest BCUT2D eigenvalue weighted by Gasteiger charge is -2.33. The van der Waals surface area contributed by atoms with Crippen LogP contribution < -0.4 is 5.32 Å². The van der Waals surface area contributed by atoms with Gasteiger partial charge in [-0.1, -0.05) is 0 Å². The second-order valence-electron chi connectivity index (χ2n) is 5.10. The van der Waals surface area contributed by atoms with Crippen LogP contribution in [0.1, 0.15) is 17.4 Å². The van der Waals surface area contributed by atoms with Crippen LogP contribution >= 0.6 is 11.3 Å². The lowest BCUT2D eigenvalue weighted by atomic mass is 10.2. The lowest BCUT2D eigenvalue weighted by Crippen LogP contribution is -2.52. The van der Waals surface area contributed by atoms with Crippen LogP contribution in [0.5, 0.6) is 0 Å². The molecular formula is C15H16FN3OS. The van der Waals surface area contributed by atoms with Gasteiger partial charge in [0, 0.05) is 36.6 Å². The van der Waals surface area contributed by atoms with Gasteiger partial charge in [-0.3, -0.25) is 4.79 Å².